The zero-order chi connectivity index (χ0) is 12.0. The minimum absolute atomic E-state index is 0.628. The van der Waals surface area contributed by atoms with Crippen LogP contribution in [-0.2, 0) is 6.54 Å². The van der Waals surface area contributed by atoms with Gasteiger partial charge in [0.25, 0.3) is 0 Å². The Balaban J connectivity index is 2.48. The van der Waals surface area contributed by atoms with Crippen LogP contribution in [0.5, 0.6) is 0 Å². The molecule has 1 aromatic rings. The van der Waals surface area contributed by atoms with Crippen molar-refractivity contribution >= 4 is 11.8 Å². The number of thioether (sulfide) groups is 1. The number of benzene rings is 1. The first kappa shape index (κ1) is 13.6. The highest BCUT2D eigenvalue weighted by molar-refractivity contribution is 7.98. The number of hydrogen-bond donors (Lipinski definition) is 0. The standard InChI is InChI=1S/C14H23NS/c1-12(2)14-7-5-13(6-8-14)11-15(3)9-10-16-4/h5-8,12H,9-11H2,1-4H3. The van der Waals surface area contributed by atoms with Crippen molar-refractivity contribution < 1.29 is 0 Å². The molecule has 1 aromatic carbocycles. The summed E-state index contributed by atoms with van der Waals surface area (Å²) in [4.78, 5) is 2.38. The molecule has 1 nitrogen and oxygen atoms in total. The van der Waals surface area contributed by atoms with Gasteiger partial charge in [-0.05, 0) is 30.3 Å². The van der Waals surface area contributed by atoms with E-state index >= 15 is 0 Å². The summed E-state index contributed by atoms with van der Waals surface area (Å²) in [7, 11) is 2.19. The van der Waals surface area contributed by atoms with Gasteiger partial charge in [0.1, 0.15) is 0 Å². The summed E-state index contributed by atoms with van der Waals surface area (Å²) in [6.45, 7) is 6.69. The largest absolute Gasteiger partial charge is 0.301 e. The molecule has 0 saturated heterocycles. The third kappa shape index (κ3) is 4.58. The third-order valence-electron chi connectivity index (χ3n) is 2.78. The van der Waals surface area contributed by atoms with Gasteiger partial charge in [-0.2, -0.15) is 11.8 Å². The van der Waals surface area contributed by atoms with Gasteiger partial charge in [-0.25, -0.2) is 0 Å². The minimum atomic E-state index is 0.628. The highest BCUT2D eigenvalue weighted by Crippen LogP contribution is 2.15. The fourth-order valence-electron chi connectivity index (χ4n) is 1.65. The summed E-state index contributed by atoms with van der Waals surface area (Å²) in [5.74, 6) is 1.84. The topological polar surface area (TPSA) is 3.24 Å². The molecule has 0 saturated carbocycles. The van der Waals surface area contributed by atoms with E-state index < -0.39 is 0 Å². The molecule has 90 valence electrons. The van der Waals surface area contributed by atoms with Crippen molar-refractivity contribution in [3.05, 3.63) is 35.4 Å². The first-order valence-electron chi connectivity index (χ1n) is 5.89. The molecule has 0 aliphatic rings. The first-order valence-corrected chi connectivity index (χ1v) is 7.29. The Hall–Kier alpha value is -0.470. The summed E-state index contributed by atoms with van der Waals surface area (Å²) in [6, 6.07) is 9.01. The van der Waals surface area contributed by atoms with E-state index in [2.05, 4.69) is 56.3 Å². The summed E-state index contributed by atoms with van der Waals surface area (Å²) >= 11 is 1.91. The lowest BCUT2D eigenvalue weighted by Crippen LogP contribution is -2.20. The maximum Gasteiger partial charge on any atom is 0.0231 e. The van der Waals surface area contributed by atoms with Crippen molar-refractivity contribution in [1.29, 1.82) is 0 Å². The molecule has 0 amide bonds. The number of rotatable bonds is 6. The molecule has 0 atom stereocenters. The molecule has 0 radical (unpaired) electrons. The van der Waals surface area contributed by atoms with E-state index in [1.807, 2.05) is 11.8 Å². The highest BCUT2D eigenvalue weighted by Gasteiger charge is 2.01. The first-order chi connectivity index (χ1) is 7.63. The molecule has 0 heterocycles. The lowest BCUT2D eigenvalue weighted by molar-refractivity contribution is 0.349. The van der Waals surface area contributed by atoms with Crippen molar-refractivity contribution in [2.24, 2.45) is 0 Å². The minimum Gasteiger partial charge on any atom is -0.301 e. The summed E-state index contributed by atoms with van der Waals surface area (Å²) in [5.41, 5.74) is 2.84. The Bertz CT molecular complexity index is 292. The zero-order valence-corrected chi connectivity index (χ0v) is 11.7. The van der Waals surface area contributed by atoms with Gasteiger partial charge in [-0.3, -0.25) is 0 Å². The molecule has 0 fully saturated rings. The lowest BCUT2D eigenvalue weighted by Gasteiger charge is -2.16. The molecule has 0 aromatic heterocycles. The van der Waals surface area contributed by atoms with Gasteiger partial charge in [0.05, 0.1) is 0 Å². The average Bonchev–Trinajstić information content (AvgIpc) is 2.27. The predicted octanol–water partition coefficient (Wildman–Crippen LogP) is 3.60. The lowest BCUT2D eigenvalue weighted by atomic mass is 10.0. The van der Waals surface area contributed by atoms with Crippen molar-refractivity contribution in [3.63, 3.8) is 0 Å². The van der Waals surface area contributed by atoms with Crippen LogP contribution in [0, 0.1) is 0 Å². The monoisotopic (exact) mass is 237 g/mol. The van der Waals surface area contributed by atoms with Gasteiger partial charge in [-0.15, -0.1) is 0 Å². The summed E-state index contributed by atoms with van der Waals surface area (Å²) in [6.07, 6.45) is 2.16. The summed E-state index contributed by atoms with van der Waals surface area (Å²) < 4.78 is 0. The van der Waals surface area contributed by atoms with Gasteiger partial charge in [0, 0.05) is 18.8 Å². The fraction of sp³-hybridized carbons (Fsp3) is 0.571. The van der Waals surface area contributed by atoms with Crippen LogP contribution in [0.1, 0.15) is 30.9 Å². The number of nitrogens with zero attached hydrogens (tertiary/aromatic N) is 1. The Labute approximate surface area is 104 Å². The molecule has 0 N–H and O–H groups in total. The van der Waals surface area contributed by atoms with E-state index in [0.29, 0.717) is 5.92 Å². The van der Waals surface area contributed by atoms with Crippen LogP contribution in [0.2, 0.25) is 0 Å². The van der Waals surface area contributed by atoms with Crippen LogP contribution in [-0.4, -0.2) is 30.5 Å². The van der Waals surface area contributed by atoms with Crippen LogP contribution in [0.25, 0.3) is 0 Å². The highest BCUT2D eigenvalue weighted by atomic mass is 32.2. The SMILES string of the molecule is CSCCN(C)Cc1ccc(C(C)C)cc1. The van der Waals surface area contributed by atoms with Gasteiger partial charge in [0.2, 0.25) is 0 Å². The normalized spacial score (nSPS) is 11.4. The Kier molecular flexibility index (Phi) is 5.93. The van der Waals surface area contributed by atoms with E-state index in [1.165, 1.54) is 16.9 Å². The second-order valence-corrected chi connectivity index (χ2v) is 5.61. The quantitative estimate of drug-likeness (QED) is 0.743. The zero-order valence-electron chi connectivity index (χ0n) is 10.9. The third-order valence-corrected chi connectivity index (χ3v) is 3.37. The van der Waals surface area contributed by atoms with E-state index in [0.717, 1.165) is 13.1 Å². The average molecular weight is 237 g/mol. The molecule has 16 heavy (non-hydrogen) atoms. The Morgan fingerprint density at radius 1 is 1.19 bits per heavy atom. The van der Waals surface area contributed by atoms with E-state index in [-0.39, 0.29) is 0 Å². The van der Waals surface area contributed by atoms with Gasteiger partial charge in [-0.1, -0.05) is 38.1 Å². The fourth-order valence-corrected chi connectivity index (χ4v) is 2.14. The van der Waals surface area contributed by atoms with Gasteiger partial charge >= 0.3 is 0 Å². The van der Waals surface area contributed by atoms with Gasteiger partial charge < -0.3 is 4.90 Å². The van der Waals surface area contributed by atoms with E-state index in [9.17, 15) is 0 Å². The molecule has 0 aliphatic heterocycles. The van der Waals surface area contributed by atoms with E-state index in [1.54, 1.807) is 0 Å². The predicted molar refractivity (Wildman–Crippen MR) is 75.2 cm³/mol. The van der Waals surface area contributed by atoms with Gasteiger partial charge in [0.15, 0.2) is 0 Å². The molecule has 0 bridgehead atoms. The van der Waals surface area contributed by atoms with Crippen LogP contribution < -0.4 is 0 Å². The van der Waals surface area contributed by atoms with Crippen molar-refractivity contribution in [3.8, 4) is 0 Å². The Morgan fingerprint density at radius 2 is 1.81 bits per heavy atom. The van der Waals surface area contributed by atoms with Crippen LogP contribution in [0.3, 0.4) is 0 Å². The molecular weight excluding hydrogens is 214 g/mol. The van der Waals surface area contributed by atoms with Crippen LogP contribution in [0.15, 0.2) is 24.3 Å². The van der Waals surface area contributed by atoms with Crippen LogP contribution >= 0.6 is 11.8 Å². The molecule has 0 unspecified atom stereocenters. The smallest absolute Gasteiger partial charge is 0.0231 e. The summed E-state index contributed by atoms with van der Waals surface area (Å²) in [5, 5.41) is 0. The van der Waals surface area contributed by atoms with Crippen molar-refractivity contribution in [1.82, 2.24) is 4.90 Å². The molecular formula is C14H23NS. The van der Waals surface area contributed by atoms with Crippen LogP contribution in [0.4, 0.5) is 0 Å². The van der Waals surface area contributed by atoms with E-state index in [4.69, 9.17) is 0 Å². The Morgan fingerprint density at radius 3 is 2.31 bits per heavy atom. The second kappa shape index (κ2) is 6.97. The molecule has 2 heteroatoms. The van der Waals surface area contributed by atoms with Crippen molar-refractivity contribution in [2.75, 3.05) is 25.6 Å². The number of hydrogen-bond acceptors (Lipinski definition) is 2. The van der Waals surface area contributed by atoms with Crippen molar-refractivity contribution in [2.45, 2.75) is 26.3 Å². The maximum atomic E-state index is 2.38. The molecule has 0 aliphatic carbocycles. The second-order valence-electron chi connectivity index (χ2n) is 4.63. The molecule has 0 spiro atoms. The molecule has 1 rings (SSSR count). The maximum absolute atomic E-state index is 2.38.